The average Bonchev–Trinajstić information content (AvgIpc) is 2.65. The summed E-state index contributed by atoms with van der Waals surface area (Å²) in [5, 5.41) is 1.48. The number of benzene rings is 1. The van der Waals surface area contributed by atoms with Gasteiger partial charge in [0, 0.05) is 16.6 Å². The molecule has 0 saturated carbocycles. The number of rotatable bonds is 1. The highest BCUT2D eigenvalue weighted by Gasteiger charge is 2.17. The maximum atomic E-state index is 3.61. The molecule has 0 unspecified atom stereocenters. The summed E-state index contributed by atoms with van der Waals surface area (Å²) in [6, 6.07) is 6.98. The third kappa shape index (κ3) is 2.19. The zero-order valence-corrected chi connectivity index (χ0v) is 11.8. The lowest BCUT2D eigenvalue weighted by Crippen LogP contribution is -2.08. The third-order valence-electron chi connectivity index (χ3n) is 3.90. The summed E-state index contributed by atoms with van der Waals surface area (Å²) < 4.78 is 0. The molecule has 96 valence electrons. The van der Waals surface area contributed by atoms with Gasteiger partial charge in [0.15, 0.2) is 0 Å². The van der Waals surface area contributed by atoms with Crippen molar-refractivity contribution in [1.29, 1.82) is 0 Å². The lowest BCUT2D eigenvalue weighted by Gasteiger charge is -2.18. The summed E-state index contributed by atoms with van der Waals surface area (Å²) in [5.74, 6) is 0. The molecular weight excluding hydrogens is 218 g/mol. The summed E-state index contributed by atoms with van der Waals surface area (Å²) in [7, 11) is 0. The summed E-state index contributed by atoms with van der Waals surface area (Å²) >= 11 is 0. The number of H-pyrrole nitrogens is 1. The smallest absolute Gasteiger partial charge is 0.0459 e. The molecule has 0 bridgehead atoms. The predicted octanol–water partition coefficient (Wildman–Crippen LogP) is 4.64. The van der Waals surface area contributed by atoms with Crippen LogP contribution in [-0.2, 0) is 19.3 Å². The SMILES string of the molecule is CC(C)(C)Cc1ccc2[nH]c3c(c2c1)CCCC3. The number of fused-ring (bicyclic) bond motifs is 3. The largest absolute Gasteiger partial charge is 0.358 e. The Bertz CT molecular complexity index is 569. The maximum Gasteiger partial charge on any atom is 0.0459 e. The van der Waals surface area contributed by atoms with E-state index < -0.39 is 0 Å². The van der Waals surface area contributed by atoms with Crippen LogP contribution in [0.5, 0.6) is 0 Å². The first-order chi connectivity index (χ1) is 8.53. The molecule has 1 aliphatic rings. The van der Waals surface area contributed by atoms with Crippen molar-refractivity contribution >= 4 is 10.9 Å². The standard InChI is InChI=1S/C17H23N/c1-17(2,3)11-12-8-9-16-14(10-12)13-6-4-5-7-15(13)18-16/h8-10,18H,4-7,11H2,1-3H3. The molecule has 0 aliphatic heterocycles. The van der Waals surface area contributed by atoms with Crippen LogP contribution in [0.2, 0.25) is 0 Å². The van der Waals surface area contributed by atoms with Gasteiger partial charge >= 0.3 is 0 Å². The van der Waals surface area contributed by atoms with Gasteiger partial charge in [0.05, 0.1) is 0 Å². The van der Waals surface area contributed by atoms with E-state index in [1.54, 1.807) is 5.56 Å². The topological polar surface area (TPSA) is 15.8 Å². The van der Waals surface area contributed by atoms with Gasteiger partial charge in [0.1, 0.15) is 0 Å². The molecule has 0 amide bonds. The van der Waals surface area contributed by atoms with Gasteiger partial charge in [-0.05, 0) is 60.8 Å². The van der Waals surface area contributed by atoms with Crippen LogP contribution in [0.1, 0.15) is 50.4 Å². The molecule has 1 aliphatic carbocycles. The second-order valence-corrected chi connectivity index (χ2v) is 6.91. The molecule has 0 saturated heterocycles. The Morgan fingerprint density at radius 1 is 1.11 bits per heavy atom. The molecule has 0 fully saturated rings. The molecule has 0 radical (unpaired) electrons. The van der Waals surface area contributed by atoms with Gasteiger partial charge in [-0.15, -0.1) is 0 Å². The Hall–Kier alpha value is -1.24. The first kappa shape index (κ1) is 11.8. The fourth-order valence-electron chi connectivity index (χ4n) is 3.18. The van der Waals surface area contributed by atoms with Gasteiger partial charge in [0.25, 0.3) is 0 Å². The molecule has 1 nitrogen and oxygen atoms in total. The van der Waals surface area contributed by atoms with Gasteiger partial charge in [0.2, 0.25) is 0 Å². The zero-order chi connectivity index (χ0) is 12.8. The lowest BCUT2D eigenvalue weighted by atomic mass is 9.87. The number of aromatic nitrogens is 1. The normalized spacial score (nSPS) is 15.9. The molecule has 1 aromatic carbocycles. The van der Waals surface area contributed by atoms with E-state index in [1.165, 1.54) is 47.8 Å². The molecule has 18 heavy (non-hydrogen) atoms. The molecule has 3 rings (SSSR count). The monoisotopic (exact) mass is 241 g/mol. The third-order valence-corrected chi connectivity index (χ3v) is 3.90. The summed E-state index contributed by atoms with van der Waals surface area (Å²) in [6.07, 6.45) is 6.34. The van der Waals surface area contributed by atoms with E-state index in [-0.39, 0.29) is 0 Å². The quantitative estimate of drug-likeness (QED) is 0.749. The highest BCUT2D eigenvalue weighted by Crippen LogP contribution is 2.31. The lowest BCUT2D eigenvalue weighted by molar-refractivity contribution is 0.411. The number of nitrogens with one attached hydrogen (secondary N) is 1. The van der Waals surface area contributed by atoms with E-state index in [2.05, 4.69) is 44.0 Å². The average molecular weight is 241 g/mol. The minimum atomic E-state index is 0.365. The molecule has 0 spiro atoms. The van der Waals surface area contributed by atoms with E-state index in [0.29, 0.717) is 5.41 Å². The van der Waals surface area contributed by atoms with Crippen LogP contribution in [0.25, 0.3) is 10.9 Å². The molecule has 0 atom stereocenters. The Morgan fingerprint density at radius 3 is 2.67 bits per heavy atom. The van der Waals surface area contributed by atoms with E-state index in [0.717, 1.165) is 6.42 Å². The van der Waals surface area contributed by atoms with Gasteiger partial charge in [-0.2, -0.15) is 0 Å². The van der Waals surface area contributed by atoms with Crippen LogP contribution in [0.3, 0.4) is 0 Å². The minimum Gasteiger partial charge on any atom is -0.358 e. The Balaban J connectivity index is 2.05. The van der Waals surface area contributed by atoms with Crippen LogP contribution >= 0.6 is 0 Å². The maximum absolute atomic E-state index is 3.61. The first-order valence-corrected chi connectivity index (χ1v) is 7.15. The van der Waals surface area contributed by atoms with E-state index >= 15 is 0 Å². The molecule has 1 aromatic heterocycles. The second kappa shape index (κ2) is 4.15. The van der Waals surface area contributed by atoms with Gasteiger partial charge in [-0.3, -0.25) is 0 Å². The van der Waals surface area contributed by atoms with Crippen LogP contribution in [0.15, 0.2) is 18.2 Å². The van der Waals surface area contributed by atoms with Crippen molar-refractivity contribution in [3.8, 4) is 0 Å². The van der Waals surface area contributed by atoms with E-state index in [4.69, 9.17) is 0 Å². The first-order valence-electron chi connectivity index (χ1n) is 7.15. The van der Waals surface area contributed by atoms with Crippen molar-refractivity contribution in [2.45, 2.75) is 52.9 Å². The number of hydrogen-bond donors (Lipinski definition) is 1. The van der Waals surface area contributed by atoms with E-state index in [1.807, 2.05) is 0 Å². The van der Waals surface area contributed by atoms with Crippen LogP contribution in [0.4, 0.5) is 0 Å². The molecule has 2 aromatic rings. The van der Waals surface area contributed by atoms with Crippen LogP contribution in [0, 0.1) is 5.41 Å². The summed E-state index contributed by atoms with van der Waals surface area (Å²) in [6.45, 7) is 6.93. The van der Waals surface area contributed by atoms with E-state index in [9.17, 15) is 0 Å². The molecule has 1 heteroatoms. The predicted molar refractivity (Wildman–Crippen MR) is 78.1 cm³/mol. The Labute approximate surface area is 110 Å². The van der Waals surface area contributed by atoms with Crippen molar-refractivity contribution in [2.24, 2.45) is 5.41 Å². The van der Waals surface area contributed by atoms with Crippen molar-refractivity contribution in [3.05, 3.63) is 35.0 Å². The summed E-state index contributed by atoms with van der Waals surface area (Å²) in [4.78, 5) is 3.61. The van der Waals surface area contributed by atoms with Crippen molar-refractivity contribution < 1.29 is 0 Å². The summed E-state index contributed by atoms with van der Waals surface area (Å²) in [5.41, 5.74) is 6.25. The molecule has 1 heterocycles. The van der Waals surface area contributed by atoms with Crippen LogP contribution < -0.4 is 0 Å². The highest BCUT2D eigenvalue weighted by atomic mass is 14.7. The minimum absolute atomic E-state index is 0.365. The van der Waals surface area contributed by atoms with Crippen molar-refractivity contribution in [3.63, 3.8) is 0 Å². The number of aryl methyl sites for hydroxylation is 2. The highest BCUT2D eigenvalue weighted by molar-refractivity contribution is 5.85. The van der Waals surface area contributed by atoms with Crippen molar-refractivity contribution in [1.82, 2.24) is 4.98 Å². The Morgan fingerprint density at radius 2 is 1.89 bits per heavy atom. The Kier molecular flexibility index (Phi) is 2.73. The molecule has 1 N–H and O–H groups in total. The number of hydrogen-bond acceptors (Lipinski definition) is 0. The second-order valence-electron chi connectivity index (χ2n) is 6.91. The fraction of sp³-hybridized carbons (Fsp3) is 0.529. The van der Waals surface area contributed by atoms with Gasteiger partial charge in [-0.1, -0.05) is 26.8 Å². The van der Waals surface area contributed by atoms with Crippen LogP contribution in [-0.4, -0.2) is 4.98 Å². The molecular formula is C17H23N. The number of aromatic amines is 1. The fourth-order valence-corrected chi connectivity index (χ4v) is 3.18. The van der Waals surface area contributed by atoms with Gasteiger partial charge < -0.3 is 4.98 Å². The van der Waals surface area contributed by atoms with Crippen molar-refractivity contribution in [2.75, 3.05) is 0 Å². The zero-order valence-electron chi connectivity index (χ0n) is 11.8. The van der Waals surface area contributed by atoms with Gasteiger partial charge in [-0.25, -0.2) is 0 Å².